The van der Waals surface area contributed by atoms with Gasteiger partial charge in [-0.15, -0.1) is 0 Å². The van der Waals surface area contributed by atoms with Crippen LogP contribution in [0, 0.1) is 0 Å². The Hall–Kier alpha value is -0.340. The Labute approximate surface area is 137 Å². The average molecular weight is 415 g/mol. The summed E-state index contributed by atoms with van der Waals surface area (Å²) >= 11 is 1.92. The molecule has 2 nitrogen and oxygen atoms in total. The molecular formula is C15H21F3INO. The zero-order valence-electron chi connectivity index (χ0n) is 12.3. The number of nitrogens with one attached hydrogen (secondary N) is 1. The Morgan fingerprint density at radius 3 is 2.14 bits per heavy atom. The quantitative estimate of drug-likeness (QED) is 0.539. The van der Waals surface area contributed by atoms with E-state index in [2.05, 4.69) is 5.32 Å². The van der Waals surface area contributed by atoms with Gasteiger partial charge in [-0.25, -0.2) is 0 Å². The summed E-state index contributed by atoms with van der Waals surface area (Å²) in [5.41, 5.74) is -1.85. The van der Waals surface area contributed by atoms with Gasteiger partial charge in [0.15, 0.2) is 5.60 Å². The number of rotatable bonds is 6. The molecule has 0 saturated heterocycles. The SMILES string of the molecule is C[C@@H](NCC(O)(CC(C)(C)I)C(F)(F)F)c1ccccc1. The van der Waals surface area contributed by atoms with Crippen molar-refractivity contribution in [2.24, 2.45) is 0 Å². The Bertz CT molecular complexity index is 444. The molecule has 6 heteroatoms. The van der Waals surface area contributed by atoms with E-state index in [0.717, 1.165) is 5.56 Å². The summed E-state index contributed by atoms with van der Waals surface area (Å²) in [5.74, 6) is 0. The van der Waals surface area contributed by atoms with Crippen molar-refractivity contribution in [3.05, 3.63) is 35.9 Å². The van der Waals surface area contributed by atoms with E-state index in [1.54, 1.807) is 20.8 Å². The second-order valence-corrected chi connectivity index (χ2v) is 8.86. The molecule has 0 heterocycles. The fraction of sp³-hybridized carbons (Fsp3) is 0.600. The molecule has 1 aromatic rings. The molecule has 2 N–H and O–H groups in total. The van der Waals surface area contributed by atoms with Crippen LogP contribution in [0.25, 0.3) is 0 Å². The van der Waals surface area contributed by atoms with E-state index in [4.69, 9.17) is 0 Å². The summed E-state index contributed by atoms with van der Waals surface area (Å²) in [5, 5.41) is 12.9. The molecule has 0 fully saturated rings. The van der Waals surface area contributed by atoms with Gasteiger partial charge in [-0.1, -0.05) is 66.8 Å². The molecule has 1 unspecified atom stereocenters. The van der Waals surface area contributed by atoms with E-state index in [-0.39, 0.29) is 12.5 Å². The van der Waals surface area contributed by atoms with Crippen LogP contribution in [0.5, 0.6) is 0 Å². The highest BCUT2D eigenvalue weighted by molar-refractivity contribution is 14.1. The Morgan fingerprint density at radius 1 is 1.19 bits per heavy atom. The molecule has 1 aromatic carbocycles. The highest BCUT2D eigenvalue weighted by atomic mass is 127. The predicted molar refractivity (Wildman–Crippen MR) is 86.6 cm³/mol. The molecule has 0 amide bonds. The van der Waals surface area contributed by atoms with Crippen LogP contribution in [0.3, 0.4) is 0 Å². The third-order valence-electron chi connectivity index (χ3n) is 3.24. The van der Waals surface area contributed by atoms with E-state index in [1.165, 1.54) is 0 Å². The van der Waals surface area contributed by atoms with Crippen molar-refractivity contribution in [2.75, 3.05) is 6.54 Å². The first-order chi connectivity index (χ1) is 9.45. The molecule has 0 aromatic heterocycles. The summed E-state index contributed by atoms with van der Waals surface area (Å²) < 4.78 is 38.9. The van der Waals surface area contributed by atoms with Gasteiger partial charge in [0, 0.05) is 22.4 Å². The summed E-state index contributed by atoms with van der Waals surface area (Å²) in [6.45, 7) is 4.59. The number of hydrogen-bond donors (Lipinski definition) is 2. The third-order valence-corrected chi connectivity index (χ3v) is 3.62. The number of aliphatic hydroxyl groups is 1. The minimum Gasteiger partial charge on any atom is -0.379 e. The lowest BCUT2D eigenvalue weighted by Gasteiger charge is -2.36. The third kappa shape index (κ3) is 5.75. The second kappa shape index (κ2) is 6.83. The van der Waals surface area contributed by atoms with Crippen LogP contribution < -0.4 is 5.32 Å². The van der Waals surface area contributed by atoms with Crippen LogP contribution in [0.4, 0.5) is 13.2 Å². The molecule has 120 valence electrons. The van der Waals surface area contributed by atoms with Crippen molar-refractivity contribution in [1.29, 1.82) is 0 Å². The first kappa shape index (κ1) is 18.7. The second-order valence-electron chi connectivity index (χ2n) is 5.94. The zero-order chi connectivity index (χ0) is 16.3. The maximum Gasteiger partial charge on any atom is 0.418 e. The normalized spacial score (nSPS) is 17.3. The Morgan fingerprint density at radius 2 is 1.71 bits per heavy atom. The topological polar surface area (TPSA) is 32.3 Å². The summed E-state index contributed by atoms with van der Waals surface area (Å²) in [6, 6.07) is 8.92. The molecule has 0 saturated carbocycles. The van der Waals surface area contributed by atoms with E-state index in [9.17, 15) is 18.3 Å². The van der Waals surface area contributed by atoms with Gasteiger partial charge in [0.2, 0.25) is 0 Å². The van der Waals surface area contributed by atoms with Crippen molar-refractivity contribution < 1.29 is 18.3 Å². The van der Waals surface area contributed by atoms with Gasteiger partial charge in [-0.05, 0) is 12.5 Å². The van der Waals surface area contributed by atoms with Crippen molar-refractivity contribution in [3.63, 3.8) is 0 Å². The molecule has 21 heavy (non-hydrogen) atoms. The van der Waals surface area contributed by atoms with Gasteiger partial charge < -0.3 is 10.4 Å². The molecule has 1 rings (SSSR count). The first-order valence-electron chi connectivity index (χ1n) is 6.71. The van der Waals surface area contributed by atoms with E-state index >= 15 is 0 Å². The number of halogens is 4. The number of hydrogen-bond acceptors (Lipinski definition) is 2. The number of benzene rings is 1. The number of alkyl halides is 4. The molecule has 0 bridgehead atoms. The fourth-order valence-electron chi connectivity index (χ4n) is 2.14. The molecular weight excluding hydrogens is 394 g/mol. The summed E-state index contributed by atoms with van der Waals surface area (Å²) in [6.07, 6.45) is -5.03. The lowest BCUT2D eigenvalue weighted by Crippen LogP contribution is -2.55. The average Bonchev–Trinajstić information content (AvgIpc) is 2.33. The van der Waals surface area contributed by atoms with E-state index in [1.807, 2.05) is 52.9 Å². The lowest BCUT2D eigenvalue weighted by atomic mass is 9.91. The zero-order valence-corrected chi connectivity index (χ0v) is 14.5. The van der Waals surface area contributed by atoms with E-state index < -0.39 is 21.7 Å². The minimum atomic E-state index is -4.67. The first-order valence-corrected chi connectivity index (χ1v) is 7.79. The van der Waals surface area contributed by atoms with Gasteiger partial charge in [-0.3, -0.25) is 0 Å². The smallest absolute Gasteiger partial charge is 0.379 e. The van der Waals surface area contributed by atoms with Gasteiger partial charge in [0.05, 0.1) is 0 Å². The van der Waals surface area contributed by atoms with Crippen molar-refractivity contribution in [1.82, 2.24) is 5.32 Å². The van der Waals surface area contributed by atoms with Gasteiger partial charge >= 0.3 is 6.18 Å². The lowest BCUT2D eigenvalue weighted by molar-refractivity contribution is -0.261. The molecule has 2 atom stereocenters. The van der Waals surface area contributed by atoms with Crippen LogP contribution in [0.15, 0.2) is 30.3 Å². The highest BCUT2D eigenvalue weighted by Crippen LogP contribution is 2.39. The predicted octanol–water partition coefficient (Wildman–Crippen LogP) is 4.23. The van der Waals surface area contributed by atoms with Crippen molar-refractivity contribution in [2.45, 2.75) is 48.4 Å². The van der Waals surface area contributed by atoms with Gasteiger partial charge in [0.25, 0.3) is 0 Å². The molecule has 0 radical (unpaired) electrons. The molecule has 0 aliphatic heterocycles. The Kier molecular flexibility index (Phi) is 6.08. The molecule has 0 aliphatic carbocycles. The largest absolute Gasteiger partial charge is 0.418 e. The molecule has 0 spiro atoms. The summed E-state index contributed by atoms with van der Waals surface area (Å²) in [4.78, 5) is 0. The van der Waals surface area contributed by atoms with Crippen LogP contribution in [0.1, 0.15) is 38.8 Å². The van der Waals surface area contributed by atoms with E-state index in [0.29, 0.717) is 0 Å². The van der Waals surface area contributed by atoms with Crippen molar-refractivity contribution in [3.8, 4) is 0 Å². The fourth-order valence-corrected chi connectivity index (χ4v) is 2.77. The summed E-state index contributed by atoms with van der Waals surface area (Å²) in [7, 11) is 0. The van der Waals surface area contributed by atoms with Crippen LogP contribution in [-0.4, -0.2) is 26.9 Å². The Balaban J connectivity index is 2.79. The standard InChI is InChI=1S/C15H21F3INO/c1-11(12-7-5-4-6-8-12)20-10-14(21,15(16,17)18)9-13(2,3)19/h4-8,11,20-21H,9-10H2,1-3H3/t11-,14?/m1/s1. The van der Waals surface area contributed by atoms with Gasteiger partial charge in [0.1, 0.15) is 0 Å². The highest BCUT2D eigenvalue weighted by Gasteiger charge is 2.55. The van der Waals surface area contributed by atoms with Gasteiger partial charge in [-0.2, -0.15) is 13.2 Å². The minimum absolute atomic E-state index is 0.266. The maximum absolute atomic E-state index is 13.2. The van der Waals surface area contributed by atoms with Crippen LogP contribution in [0.2, 0.25) is 0 Å². The van der Waals surface area contributed by atoms with Crippen molar-refractivity contribution >= 4 is 22.6 Å². The monoisotopic (exact) mass is 415 g/mol. The van der Waals surface area contributed by atoms with Crippen LogP contribution >= 0.6 is 22.6 Å². The molecule has 0 aliphatic rings. The maximum atomic E-state index is 13.2. The van der Waals surface area contributed by atoms with Crippen LogP contribution in [-0.2, 0) is 0 Å².